The van der Waals surface area contributed by atoms with E-state index in [9.17, 15) is 8.42 Å². The fourth-order valence-corrected chi connectivity index (χ4v) is 3.95. The second kappa shape index (κ2) is 7.47. The number of hydrogen-bond donors (Lipinski definition) is 1. The van der Waals surface area contributed by atoms with Gasteiger partial charge in [0, 0.05) is 6.04 Å². The number of nitrogens with zero attached hydrogens (tertiary/aromatic N) is 1. The monoisotopic (exact) mass is 344 g/mol. The van der Waals surface area contributed by atoms with E-state index in [-0.39, 0.29) is 16.4 Å². The molecule has 24 heavy (non-hydrogen) atoms. The van der Waals surface area contributed by atoms with Crippen molar-refractivity contribution in [3.8, 4) is 11.8 Å². The lowest BCUT2D eigenvalue weighted by molar-refractivity contribution is 0.413. The first kappa shape index (κ1) is 18.0. The Morgan fingerprint density at radius 2 is 1.71 bits per heavy atom. The number of nitrogens with one attached hydrogen (secondary N) is 1. The predicted molar refractivity (Wildman–Crippen MR) is 92.1 cm³/mol. The second-order valence-electron chi connectivity index (χ2n) is 5.72. The van der Waals surface area contributed by atoms with Gasteiger partial charge < -0.3 is 4.74 Å². The van der Waals surface area contributed by atoms with Crippen LogP contribution in [0.1, 0.15) is 31.0 Å². The van der Waals surface area contributed by atoms with E-state index >= 15 is 0 Å². The molecule has 1 atom stereocenters. The highest BCUT2D eigenvalue weighted by molar-refractivity contribution is 7.89. The quantitative estimate of drug-likeness (QED) is 0.872. The van der Waals surface area contributed by atoms with E-state index in [1.54, 1.807) is 31.4 Å². The van der Waals surface area contributed by atoms with E-state index in [0.29, 0.717) is 5.75 Å². The van der Waals surface area contributed by atoms with Crippen LogP contribution < -0.4 is 9.46 Å². The number of methoxy groups -OCH3 is 1. The van der Waals surface area contributed by atoms with Crippen molar-refractivity contribution in [2.75, 3.05) is 7.11 Å². The molecule has 0 aliphatic carbocycles. The normalized spacial score (nSPS) is 12.6. The van der Waals surface area contributed by atoms with E-state index in [1.807, 2.05) is 32.0 Å². The highest BCUT2D eigenvalue weighted by atomic mass is 32.2. The molecule has 0 unspecified atom stereocenters. The first-order chi connectivity index (χ1) is 11.4. The molecule has 6 heteroatoms. The van der Waals surface area contributed by atoms with Crippen LogP contribution in [0.4, 0.5) is 0 Å². The fourth-order valence-electron chi connectivity index (χ4n) is 2.42. The van der Waals surface area contributed by atoms with E-state index in [1.165, 1.54) is 12.1 Å². The maximum atomic E-state index is 12.7. The molecule has 0 bridgehead atoms. The van der Waals surface area contributed by atoms with Crippen molar-refractivity contribution < 1.29 is 13.2 Å². The van der Waals surface area contributed by atoms with Crippen molar-refractivity contribution in [1.82, 2.24) is 4.72 Å². The average Bonchev–Trinajstić information content (AvgIpc) is 2.59. The molecule has 0 saturated carbocycles. The molecule has 0 saturated heterocycles. The Bertz CT molecular complexity index is 837. The minimum absolute atomic E-state index is 0.00772. The molecule has 126 valence electrons. The number of benzene rings is 2. The zero-order chi connectivity index (χ0) is 17.7. The van der Waals surface area contributed by atoms with Gasteiger partial charge in [-0.3, -0.25) is 0 Å². The summed E-state index contributed by atoms with van der Waals surface area (Å²) < 4.78 is 33.3. The van der Waals surface area contributed by atoms with E-state index in [2.05, 4.69) is 4.72 Å². The molecule has 2 aromatic carbocycles. The summed E-state index contributed by atoms with van der Waals surface area (Å²) in [6.45, 7) is 3.88. The van der Waals surface area contributed by atoms with Crippen LogP contribution in [-0.4, -0.2) is 15.5 Å². The molecule has 0 radical (unpaired) electrons. The van der Waals surface area contributed by atoms with Crippen LogP contribution in [-0.2, 0) is 10.0 Å². The van der Waals surface area contributed by atoms with Gasteiger partial charge in [0.2, 0.25) is 10.0 Å². The number of hydrogen-bond acceptors (Lipinski definition) is 4. The second-order valence-corrected chi connectivity index (χ2v) is 7.41. The molecule has 0 spiro atoms. The van der Waals surface area contributed by atoms with Crippen molar-refractivity contribution in [3.05, 3.63) is 59.7 Å². The maximum absolute atomic E-state index is 12.7. The summed E-state index contributed by atoms with van der Waals surface area (Å²) in [4.78, 5) is -0.00772. The summed E-state index contributed by atoms with van der Waals surface area (Å²) in [7, 11) is -2.24. The van der Waals surface area contributed by atoms with Crippen LogP contribution >= 0.6 is 0 Å². The highest BCUT2D eigenvalue weighted by Gasteiger charge is 2.25. The van der Waals surface area contributed by atoms with Gasteiger partial charge in [-0.2, -0.15) is 5.26 Å². The zero-order valence-corrected chi connectivity index (χ0v) is 14.7. The van der Waals surface area contributed by atoms with Crippen LogP contribution in [0.5, 0.6) is 5.75 Å². The van der Waals surface area contributed by atoms with Gasteiger partial charge in [0.15, 0.2) is 0 Å². The van der Waals surface area contributed by atoms with E-state index < -0.39 is 16.1 Å². The summed E-state index contributed by atoms with van der Waals surface area (Å²) >= 11 is 0. The third-order valence-corrected chi connectivity index (χ3v) is 5.22. The maximum Gasteiger partial charge on any atom is 0.242 e. The average molecular weight is 344 g/mol. The molecule has 0 aliphatic heterocycles. The molecule has 2 rings (SSSR count). The lowest BCUT2D eigenvalue weighted by Crippen LogP contribution is -2.32. The molecule has 0 heterocycles. The van der Waals surface area contributed by atoms with Gasteiger partial charge in [0.25, 0.3) is 0 Å². The molecule has 1 N–H and O–H groups in total. The Morgan fingerprint density at radius 3 is 2.25 bits per heavy atom. The summed E-state index contributed by atoms with van der Waals surface area (Å²) in [5.41, 5.74) is 0.964. The Balaban J connectivity index is 2.38. The summed E-state index contributed by atoms with van der Waals surface area (Å²) in [6, 6.07) is 14.9. The zero-order valence-electron chi connectivity index (χ0n) is 13.9. The van der Waals surface area contributed by atoms with Crippen molar-refractivity contribution in [1.29, 1.82) is 5.26 Å². The smallest absolute Gasteiger partial charge is 0.242 e. The summed E-state index contributed by atoms with van der Waals surface area (Å²) in [5.74, 6) is 0.737. The fraction of sp³-hybridized carbons (Fsp3) is 0.278. The number of rotatable bonds is 6. The Morgan fingerprint density at radius 1 is 1.08 bits per heavy atom. The highest BCUT2D eigenvalue weighted by Crippen LogP contribution is 2.26. The van der Waals surface area contributed by atoms with Gasteiger partial charge in [-0.25, -0.2) is 13.1 Å². The summed E-state index contributed by atoms with van der Waals surface area (Å²) in [5, 5.41) is 9.14. The van der Waals surface area contributed by atoms with Crippen molar-refractivity contribution in [3.63, 3.8) is 0 Å². The van der Waals surface area contributed by atoms with Crippen LogP contribution in [0.3, 0.4) is 0 Å². The predicted octanol–water partition coefficient (Wildman–Crippen LogP) is 3.24. The molecule has 2 aromatic rings. The van der Waals surface area contributed by atoms with Crippen molar-refractivity contribution >= 4 is 10.0 Å². The van der Waals surface area contributed by atoms with Crippen molar-refractivity contribution in [2.24, 2.45) is 5.92 Å². The molecule has 0 fully saturated rings. The Kier molecular flexibility index (Phi) is 5.60. The van der Waals surface area contributed by atoms with Gasteiger partial charge in [-0.1, -0.05) is 38.1 Å². The van der Waals surface area contributed by atoms with Crippen LogP contribution in [0, 0.1) is 17.2 Å². The minimum atomic E-state index is -3.81. The first-order valence-corrected chi connectivity index (χ1v) is 9.02. The van der Waals surface area contributed by atoms with Gasteiger partial charge >= 0.3 is 0 Å². The van der Waals surface area contributed by atoms with E-state index in [0.717, 1.165) is 5.56 Å². The Labute approximate surface area is 142 Å². The molecule has 0 aliphatic rings. The third-order valence-electron chi connectivity index (χ3n) is 3.72. The van der Waals surface area contributed by atoms with Crippen LogP contribution in [0.2, 0.25) is 0 Å². The SMILES string of the molecule is COc1ccc([C@H](NS(=O)(=O)c2ccccc2C#N)C(C)C)cc1. The number of ether oxygens (including phenoxy) is 1. The molecule has 0 amide bonds. The van der Waals surface area contributed by atoms with Gasteiger partial charge in [-0.05, 0) is 35.7 Å². The minimum Gasteiger partial charge on any atom is -0.497 e. The molecular formula is C18H20N2O3S. The molecular weight excluding hydrogens is 324 g/mol. The van der Waals surface area contributed by atoms with Crippen LogP contribution in [0.25, 0.3) is 0 Å². The molecule has 5 nitrogen and oxygen atoms in total. The van der Waals surface area contributed by atoms with Gasteiger partial charge in [0.05, 0.1) is 17.6 Å². The lowest BCUT2D eigenvalue weighted by Gasteiger charge is -2.23. The third kappa shape index (κ3) is 3.94. The molecule has 0 aromatic heterocycles. The van der Waals surface area contributed by atoms with E-state index in [4.69, 9.17) is 10.00 Å². The largest absolute Gasteiger partial charge is 0.497 e. The van der Waals surface area contributed by atoms with Gasteiger partial charge in [-0.15, -0.1) is 0 Å². The Hall–Kier alpha value is -2.36. The number of nitriles is 1. The van der Waals surface area contributed by atoms with Crippen molar-refractivity contribution in [2.45, 2.75) is 24.8 Å². The summed E-state index contributed by atoms with van der Waals surface area (Å²) in [6.07, 6.45) is 0. The first-order valence-electron chi connectivity index (χ1n) is 7.54. The lowest BCUT2D eigenvalue weighted by atomic mass is 9.97. The topological polar surface area (TPSA) is 79.2 Å². The number of sulfonamides is 1. The standard InChI is InChI=1S/C18H20N2O3S/c1-13(2)18(14-8-10-16(23-3)11-9-14)20-24(21,22)17-7-5-4-6-15(17)12-19/h4-11,13,18,20H,1-3H3/t18-/m1/s1. The van der Waals surface area contributed by atoms with Crippen LogP contribution in [0.15, 0.2) is 53.4 Å². The van der Waals surface area contributed by atoms with Gasteiger partial charge in [0.1, 0.15) is 11.8 Å².